The number of hydrogen-bond acceptors (Lipinski definition) is 7. The Morgan fingerprint density at radius 2 is 1.43 bits per heavy atom. The topological polar surface area (TPSA) is 99.2 Å². The predicted molar refractivity (Wildman–Crippen MR) is 135 cm³/mol. The van der Waals surface area contributed by atoms with E-state index in [-0.39, 0.29) is 16.8 Å². The fourth-order valence-corrected chi connectivity index (χ4v) is 5.95. The molecule has 2 saturated heterocycles. The molecule has 1 aliphatic carbocycles. The van der Waals surface area contributed by atoms with Gasteiger partial charge in [0.05, 0.1) is 37.8 Å². The van der Waals surface area contributed by atoms with Crippen LogP contribution in [0.15, 0.2) is 71.2 Å². The molecule has 0 aromatic heterocycles. The van der Waals surface area contributed by atoms with Crippen molar-refractivity contribution in [2.75, 3.05) is 19.1 Å². The van der Waals surface area contributed by atoms with Gasteiger partial charge in [-0.3, -0.25) is 19.2 Å². The van der Waals surface area contributed by atoms with Crippen LogP contribution in [-0.2, 0) is 14.3 Å². The number of ether oxygens (including phenoxy) is 3. The number of anilines is 1. The van der Waals surface area contributed by atoms with Gasteiger partial charge in [-0.1, -0.05) is 52.3 Å². The molecule has 2 heterocycles. The molecule has 8 nitrogen and oxygen atoms in total. The zero-order valence-corrected chi connectivity index (χ0v) is 21.4. The van der Waals surface area contributed by atoms with Crippen LogP contribution in [0.2, 0.25) is 0 Å². The number of hydrogen-bond donors (Lipinski definition) is 0. The number of Topliss-reactive ketones (excluding diaryl/α,β-unsaturated/α-hetero) is 2. The number of imide groups is 1. The molecule has 1 spiro atoms. The highest BCUT2D eigenvalue weighted by Gasteiger charge is 2.74. The Kier molecular flexibility index (Phi) is 5.32. The van der Waals surface area contributed by atoms with Crippen molar-refractivity contribution in [1.82, 2.24) is 0 Å². The molecule has 0 N–H and O–H groups in total. The lowest BCUT2D eigenvalue weighted by Gasteiger charge is -2.27. The first-order valence-electron chi connectivity index (χ1n) is 11.5. The molecule has 37 heavy (non-hydrogen) atoms. The predicted octanol–water partition coefficient (Wildman–Crippen LogP) is 4.16. The first kappa shape index (κ1) is 23.6. The van der Waals surface area contributed by atoms with E-state index in [2.05, 4.69) is 15.9 Å². The molecule has 2 aliphatic heterocycles. The molecule has 3 atom stereocenters. The standard InChI is InChI=1S/C28H20BrNO7/c1-35-19-12-11-16(13-20(19)36-2)30-26(33)21-22(27(30)34)28(37-23(21)14-7-9-15(29)10-8-14)24(31)17-5-3-4-6-18(17)25(28)32/h3-13,21-23H,1-2H3. The van der Waals surface area contributed by atoms with Crippen LogP contribution in [0.3, 0.4) is 0 Å². The van der Waals surface area contributed by atoms with Gasteiger partial charge < -0.3 is 14.2 Å². The molecule has 3 aliphatic rings. The Morgan fingerprint density at radius 1 is 0.811 bits per heavy atom. The maximum absolute atomic E-state index is 14.0. The number of fused-ring (bicyclic) bond motifs is 3. The number of carbonyl (C=O) groups is 4. The highest BCUT2D eigenvalue weighted by molar-refractivity contribution is 9.10. The summed E-state index contributed by atoms with van der Waals surface area (Å²) in [4.78, 5) is 56.6. The summed E-state index contributed by atoms with van der Waals surface area (Å²) in [6.45, 7) is 0. The van der Waals surface area contributed by atoms with Crippen LogP contribution in [-0.4, -0.2) is 43.2 Å². The van der Waals surface area contributed by atoms with Gasteiger partial charge in [0.1, 0.15) is 0 Å². The zero-order chi connectivity index (χ0) is 26.1. The monoisotopic (exact) mass is 561 g/mol. The Hall–Kier alpha value is -3.82. The van der Waals surface area contributed by atoms with Crippen LogP contribution in [0, 0.1) is 11.8 Å². The van der Waals surface area contributed by atoms with Gasteiger partial charge in [-0.05, 0) is 29.8 Å². The van der Waals surface area contributed by atoms with E-state index in [4.69, 9.17) is 14.2 Å². The number of benzene rings is 3. The third-order valence-corrected chi connectivity index (χ3v) is 7.87. The maximum atomic E-state index is 14.0. The summed E-state index contributed by atoms with van der Waals surface area (Å²) in [7, 11) is 2.93. The van der Waals surface area contributed by atoms with Crippen molar-refractivity contribution in [2.24, 2.45) is 11.8 Å². The summed E-state index contributed by atoms with van der Waals surface area (Å²) in [6.07, 6.45) is -0.984. The molecule has 2 fully saturated rings. The molecular formula is C28H20BrNO7. The molecule has 9 heteroatoms. The summed E-state index contributed by atoms with van der Waals surface area (Å²) in [5.41, 5.74) is -0.909. The number of rotatable bonds is 4. The van der Waals surface area contributed by atoms with E-state index in [9.17, 15) is 19.2 Å². The van der Waals surface area contributed by atoms with Crippen LogP contribution in [0.1, 0.15) is 32.4 Å². The van der Waals surface area contributed by atoms with Gasteiger partial charge in [-0.2, -0.15) is 0 Å². The summed E-state index contributed by atoms with van der Waals surface area (Å²) >= 11 is 3.40. The molecule has 2 amide bonds. The molecule has 0 radical (unpaired) electrons. The molecular weight excluding hydrogens is 542 g/mol. The molecule has 0 saturated carbocycles. The molecule has 0 bridgehead atoms. The summed E-state index contributed by atoms with van der Waals surface area (Å²) < 4.78 is 17.7. The van der Waals surface area contributed by atoms with E-state index >= 15 is 0 Å². The SMILES string of the molecule is COc1ccc(N2C(=O)C3C(c4ccc(Br)cc4)OC4(C(=O)c5ccccc5C4=O)C3C2=O)cc1OC. The quantitative estimate of drug-likeness (QED) is 0.348. The van der Waals surface area contributed by atoms with Crippen molar-refractivity contribution in [3.05, 3.63) is 87.9 Å². The number of halogens is 1. The van der Waals surface area contributed by atoms with Gasteiger partial charge in [-0.25, -0.2) is 4.90 Å². The Bertz CT molecular complexity index is 1460. The average Bonchev–Trinajstić information content (AvgIpc) is 3.48. The first-order valence-corrected chi connectivity index (χ1v) is 12.3. The zero-order valence-electron chi connectivity index (χ0n) is 19.8. The second-order valence-corrected chi connectivity index (χ2v) is 10.00. The summed E-state index contributed by atoms with van der Waals surface area (Å²) in [5.74, 6) is -4.07. The molecule has 3 aromatic rings. The Morgan fingerprint density at radius 3 is 2.03 bits per heavy atom. The first-order chi connectivity index (χ1) is 17.8. The van der Waals surface area contributed by atoms with Crippen LogP contribution < -0.4 is 14.4 Å². The highest BCUT2D eigenvalue weighted by Crippen LogP contribution is 2.58. The van der Waals surface area contributed by atoms with Crippen LogP contribution >= 0.6 is 15.9 Å². The molecule has 3 unspecified atom stereocenters. The van der Waals surface area contributed by atoms with E-state index in [1.807, 2.05) is 0 Å². The lowest BCUT2D eigenvalue weighted by atomic mass is 9.77. The van der Waals surface area contributed by atoms with E-state index < -0.39 is 46.9 Å². The summed E-state index contributed by atoms with van der Waals surface area (Å²) in [5, 5.41) is 0. The minimum atomic E-state index is -2.12. The molecule has 186 valence electrons. The van der Waals surface area contributed by atoms with E-state index in [0.29, 0.717) is 17.1 Å². The van der Waals surface area contributed by atoms with Crippen molar-refractivity contribution in [3.63, 3.8) is 0 Å². The van der Waals surface area contributed by atoms with Crippen molar-refractivity contribution in [1.29, 1.82) is 0 Å². The number of methoxy groups -OCH3 is 2. The van der Waals surface area contributed by atoms with Gasteiger partial charge in [0.15, 0.2) is 11.5 Å². The van der Waals surface area contributed by atoms with Crippen molar-refractivity contribution in [3.8, 4) is 11.5 Å². The van der Waals surface area contributed by atoms with Crippen molar-refractivity contribution < 1.29 is 33.4 Å². The Balaban J connectivity index is 1.52. The normalized spacial score (nSPS) is 23.5. The maximum Gasteiger partial charge on any atom is 0.241 e. The highest BCUT2D eigenvalue weighted by atomic mass is 79.9. The number of carbonyl (C=O) groups excluding carboxylic acids is 4. The second-order valence-electron chi connectivity index (χ2n) is 9.08. The van der Waals surface area contributed by atoms with E-state index in [1.54, 1.807) is 60.7 Å². The fourth-order valence-electron chi connectivity index (χ4n) is 5.69. The van der Waals surface area contributed by atoms with Gasteiger partial charge >= 0.3 is 0 Å². The van der Waals surface area contributed by atoms with Crippen LogP contribution in [0.5, 0.6) is 11.5 Å². The molecule has 6 rings (SSSR count). The minimum absolute atomic E-state index is 0.188. The van der Waals surface area contributed by atoms with Gasteiger partial charge in [0.25, 0.3) is 0 Å². The fraction of sp³-hybridized carbons (Fsp3) is 0.214. The lowest BCUT2D eigenvalue weighted by Crippen LogP contribution is -2.51. The summed E-state index contributed by atoms with van der Waals surface area (Å²) in [6, 6.07) is 18.1. The van der Waals surface area contributed by atoms with E-state index in [0.717, 1.165) is 9.37 Å². The lowest BCUT2D eigenvalue weighted by molar-refractivity contribution is -0.127. The van der Waals surface area contributed by atoms with Crippen LogP contribution in [0.4, 0.5) is 5.69 Å². The average molecular weight is 562 g/mol. The Labute approximate surface area is 220 Å². The third kappa shape index (κ3) is 3.10. The largest absolute Gasteiger partial charge is 0.493 e. The van der Waals surface area contributed by atoms with Gasteiger partial charge in [0.2, 0.25) is 29.0 Å². The van der Waals surface area contributed by atoms with Crippen molar-refractivity contribution >= 4 is 45.0 Å². The second kappa shape index (κ2) is 8.36. The number of nitrogens with zero attached hydrogens (tertiary/aromatic N) is 1. The number of ketones is 2. The van der Waals surface area contributed by atoms with Gasteiger partial charge in [0, 0.05) is 21.7 Å². The third-order valence-electron chi connectivity index (χ3n) is 7.34. The van der Waals surface area contributed by atoms with Crippen molar-refractivity contribution in [2.45, 2.75) is 11.7 Å². The van der Waals surface area contributed by atoms with Gasteiger partial charge in [-0.15, -0.1) is 0 Å². The smallest absolute Gasteiger partial charge is 0.241 e. The van der Waals surface area contributed by atoms with E-state index in [1.165, 1.54) is 20.3 Å². The number of amides is 2. The van der Waals surface area contributed by atoms with Crippen LogP contribution in [0.25, 0.3) is 0 Å². The molecule has 3 aromatic carbocycles. The minimum Gasteiger partial charge on any atom is -0.493 e.